The Morgan fingerprint density at radius 3 is 1.78 bits per heavy atom. The molecule has 0 aliphatic heterocycles. The second kappa shape index (κ2) is 6.69. The van der Waals surface area contributed by atoms with Gasteiger partial charge in [0, 0.05) is 0 Å². The molecule has 0 aliphatic carbocycles. The molecule has 0 saturated carbocycles. The highest BCUT2D eigenvalue weighted by Gasteiger charge is 2.32. The van der Waals surface area contributed by atoms with Crippen LogP contribution in [-0.4, -0.2) is 15.4 Å². The van der Waals surface area contributed by atoms with Crippen LogP contribution in [0.2, 0.25) is 0 Å². The predicted octanol–water partition coefficient (Wildman–Crippen LogP) is 4.42. The lowest BCUT2D eigenvalue weighted by Gasteiger charge is -2.38. The highest BCUT2D eigenvalue weighted by atomic mass is 32.1. The minimum absolute atomic E-state index is 0.299. The number of benzene rings is 2. The second-order valence-corrected chi connectivity index (χ2v) is 7.04. The highest BCUT2D eigenvalue weighted by molar-refractivity contribution is 7.80. The molecule has 4 heteroatoms. The topological polar surface area (TPSA) is 35.5 Å². The van der Waals surface area contributed by atoms with Gasteiger partial charge in [0.05, 0.1) is 11.1 Å². The first-order chi connectivity index (χ1) is 10.7. The number of hydrogen-bond acceptors (Lipinski definition) is 2. The number of rotatable bonds is 4. The van der Waals surface area contributed by atoms with E-state index in [-0.39, 0.29) is 5.54 Å². The van der Waals surface area contributed by atoms with E-state index in [9.17, 15) is 5.21 Å². The normalized spacial score (nSPS) is 11.9. The zero-order valence-electron chi connectivity index (χ0n) is 14.1. The van der Waals surface area contributed by atoms with E-state index in [1.165, 1.54) is 0 Å². The molecule has 0 spiro atoms. The fourth-order valence-electron chi connectivity index (χ4n) is 2.47. The number of hydroxylamine groups is 2. The van der Waals surface area contributed by atoms with E-state index >= 15 is 0 Å². The average Bonchev–Trinajstić information content (AvgIpc) is 2.55. The Balaban J connectivity index is 2.17. The van der Waals surface area contributed by atoms with Crippen molar-refractivity contribution in [1.29, 1.82) is 0 Å². The summed E-state index contributed by atoms with van der Waals surface area (Å²) >= 11 is 5.44. The Morgan fingerprint density at radius 2 is 1.30 bits per heavy atom. The predicted molar refractivity (Wildman–Crippen MR) is 98.3 cm³/mol. The van der Waals surface area contributed by atoms with Gasteiger partial charge in [-0.15, -0.1) is 0 Å². The summed E-state index contributed by atoms with van der Waals surface area (Å²) < 4.78 is 0. The molecule has 0 bridgehead atoms. The van der Waals surface area contributed by atoms with Crippen LogP contribution in [0.15, 0.2) is 60.7 Å². The van der Waals surface area contributed by atoms with E-state index < -0.39 is 5.54 Å². The molecule has 2 aromatic rings. The molecule has 0 amide bonds. The van der Waals surface area contributed by atoms with Crippen LogP contribution in [0.1, 0.15) is 38.8 Å². The number of nitrogens with one attached hydrogen (secondary N) is 1. The summed E-state index contributed by atoms with van der Waals surface area (Å²) in [6, 6.07) is 19.9. The Kier molecular flexibility index (Phi) is 5.07. The maximum Gasteiger partial charge on any atom is 0.194 e. The van der Waals surface area contributed by atoms with Crippen LogP contribution in [0, 0.1) is 0 Å². The smallest absolute Gasteiger partial charge is 0.194 e. The third-order valence-corrected chi connectivity index (χ3v) is 4.39. The van der Waals surface area contributed by atoms with Crippen LogP contribution < -0.4 is 5.32 Å². The van der Waals surface area contributed by atoms with Crippen molar-refractivity contribution >= 4 is 17.3 Å². The van der Waals surface area contributed by atoms with Gasteiger partial charge in [-0.1, -0.05) is 60.7 Å². The molecule has 2 aromatic carbocycles. The second-order valence-electron chi connectivity index (χ2n) is 6.66. The van der Waals surface area contributed by atoms with Crippen LogP contribution in [0.5, 0.6) is 0 Å². The molecule has 0 saturated heterocycles. The fourth-order valence-corrected chi connectivity index (χ4v) is 2.95. The van der Waals surface area contributed by atoms with Gasteiger partial charge in [-0.3, -0.25) is 5.21 Å². The molecule has 2 rings (SSSR count). The Morgan fingerprint density at radius 1 is 0.870 bits per heavy atom. The van der Waals surface area contributed by atoms with Crippen LogP contribution in [0.25, 0.3) is 0 Å². The van der Waals surface area contributed by atoms with E-state index in [0.29, 0.717) is 5.11 Å². The van der Waals surface area contributed by atoms with Gasteiger partial charge >= 0.3 is 0 Å². The van der Waals surface area contributed by atoms with Gasteiger partial charge in [-0.05, 0) is 51.0 Å². The third-order valence-electron chi connectivity index (χ3n) is 4.12. The maximum absolute atomic E-state index is 10.6. The summed E-state index contributed by atoms with van der Waals surface area (Å²) in [6.07, 6.45) is 0. The van der Waals surface area contributed by atoms with E-state index in [1.54, 1.807) is 0 Å². The molecule has 0 aliphatic rings. The van der Waals surface area contributed by atoms with Crippen LogP contribution in [-0.2, 0) is 11.1 Å². The van der Waals surface area contributed by atoms with Crippen molar-refractivity contribution in [2.24, 2.45) is 0 Å². The first kappa shape index (κ1) is 17.4. The number of nitrogens with zero attached hydrogens (tertiary/aromatic N) is 1. The summed E-state index contributed by atoms with van der Waals surface area (Å²) in [4.78, 5) is 0. The molecule has 0 fully saturated rings. The lowest BCUT2D eigenvalue weighted by Crippen LogP contribution is -2.52. The van der Waals surface area contributed by atoms with Crippen molar-refractivity contribution in [1.82, 2.24) is 10.4 Å². The monoisotopic (exact) mass is 328 g/mol. The van der Waals surface area contributed by atoms with E-state index in [1.807, 2.05) is 88.4 Å². The zero-order chi connectivity index (χ0) is 17.1. The van der Waals surface area contributed by atoms with Crippen molar-refractivity contribution in [3.63, 3.8) is 0 Å². The number of hydrogen-bond donors (Lipinski definition) is 2. The van der Waals surface area contributed by atoms with Gasteiger partial charge in [-0.25, -0.2) is 5.06 Å². The molecular formula is C19H24N2OS. The van der Waals surface area contributed by atoms with Crippen molar-refractivity contribution in [2.75, 3.05) is 0 Å². The SMILES string of the molecule is CC(C)(NC(=S)N(O)C(C)(C)c1ccccc1)c1ccccc1. The molecule has 3 nitrogen and oxygen atoms in total. The van der Waals surface area contributed by atoms with Crippen molar-refractivity contribution in [3.8, 4) is 0 Å². The summed E-state index contributed by atoms with van der Waals surface area (Å²) in [6.45, 7) is 7.95. The summed E-state index contributed by atoms with van der Waals surface area (Å²) in [5, 5.41) is 15.3. The summed E-state index contributed by atoms with van der Waals surface area (Å²) in [7, 11) is 0. The van der Waals surface area contributed by atoms with Crippen LogP contribution >= 0.6 is 12.2 Å². The number of thiocarbonyl (C=S) groups is 1. The van der Waals surface area contributed by atoms with Gasteiger partial charge < -0.3 is 5.32 Å². The summed E-state index contributed by atoms with van der Waals surface area (Å²) in [5.41, 5.74) is 1.09. The Labute approximate surface area is 143 Å². The first-order valence-electron chi connectivity index (χ1n) is 7.67. The molecule has 0 atom stereocenters. The fraction of sp³-hybridized carbons (Fsp3) is 0.316. The molecule has 0 radical (unpaired) electrons. The summed E-state index contributed by atoms with van der Waals surface area (Å²) in [5.74, 6) is 0. The van der Waals surface area contributed by atoms with E-state index in [0.717, 1.165) is 16.2 Å². The van der Waals surface area contributed by atoms with Crippen molar-refractivity contribution in [2.45, 2.75) is 38.8 Å². The van der Waals surface area contributed by atoms with Crippen molar-refractivity contribution in [3.05, 3.63) is 71.8 Å². The largest absolute Gasteiger partial charge is 0.352 e. The van der Waals surface area contributed by atoms with Gasteiger partial charge in [0.1, 0.15) is 0 Å². The molecule has 122 valence electrons. The van der Waals surface area contributed by atoms with Crippen molar-refractivity contribution < 1.29 is 5.21 Å². The Hall–Kier alpha value is -1.91. The van der Waals surface area contributed by atoms with E-state index in [4.69, 9.17) is 12.2 Å². The van der Waals surface area contributed by atoms with E-state index in [2.05, 4.69) is 5.32 Å². The quantitative estimate of drug-likeness (QED) is 0.643. The lowest BCUT2D eigenvalue weighted by atomic mass is 9.93. The van der Waals surface area contributed by atoms with Gasteiger partial charge in [-0.2, -0.15) is 0 Å². The Bertz CT molecular complexity index is 654. The third kappa shape index (κ3) is 3.89. The molecular weight excluding hydrogens is 304 g/mol. The minimum atomic E-state index is -0.627. The molecule has 2 N–H and O–H groups in total. The van der Waals surface area contributed by atoms with Gasteiger partial charge in [0.2, 0.25) is 0 Å². The molecule has 0 heterocycles. The van der Waals surface area contributed by atoms with Crippen LogP contribution in [0.4, 0.5) is 0 Å². The molecule has 23 heavy (non-hydrogen) atoms. The molecule has 0 aromatic heterocycles. The van der Waals surface area contributed by atoms with Crippen LogP contribution in [0.3, 0.4) is 0 Å². The maximum atomic E-state index is 10.6. The molecule has 0 unspecified atom stereocenters. The standard InChI is InChI=1S/C19H24N2OS/c1-18(2,15-11-7-5-8-12-15)20-17(23)21(22)19(3,4)16-13-9-6-10-14-16/h5-14,22H,1-4H3,(H,20,23). The first-order valence-corrected chi connectivity index (χ1v) is 8.08. The van der Waals surface area contributed by atoms with Gasteiger partial charge in [0.15, 0.2) is 5.11 Å². The average molecular weight is 328 g/mol. The highest BCUT2D eigenvalue weighted by Crippen LogP contribution is 2.27. The van der Waals surface area contributed by atoms with Gasteiger partial charge in [0.25, 0.3) is 0 Å². The lowest BCUT2D eigenvalue weighted by molar-refractivity contribution is -0.0978. The zero-order valence-corrected chi connectivity index (χ0v) is 14.9. The minimum Gasteiger partial charge on any atom is -0.352 e.